The van der Waals surface area contributed by atoms with E-state index >= 15 is 0 Å². The molecule has 1 amide bonds. The number of aromatic nitrogens is 2. The number of rotatable bonds is 3. The summed E-state index contributed by atoms with van der Waals surface area (Å²) < 4.78 is 5.49. The molecule has 1 aliphatic heterocycles. The van der Waals surface area contributed by atoms with Gasteiger partial charge in [0.05, 0.1) is 6.26 Å². The van der Waals surface area contributed by atoms with Gasteiger partial charge in [0.2, 0.25) is 5.91 Å². The molecule has 0 radical (unpaired) electrons. The summed E-state index contributed by atoms with van der Waals surface area (Å²) in [6.07, 6.45) is 2.89. The highest BCUT2D eigenvalue weighted by Gasteiger charge is 2.31. The normalized spacial score (nSPS) is 17.1. The van der Waals surface area contributed by atoms with Crippen molar-refractivity contribution >= 4 is 11.7 Å². The van der Waals surface area contributed by atoms with Gasteiger partial charge in [-0.2, -0.15) is 5.10 Å². The van der Waals surface area contributed by atoms with E-state index in [2.05, 4.69) is 27.6 Å². The smallest absolute Gasteiger partial charge is 0.226 e. The lowest BCUT2D eigenvalue weighted by molar-refractivity contribution is -0.116. The van der Waals surface area contributed by atoms with Crippen molar-refractivity contribution in [2.75, 3.05) is 5.32 Å². The van der Waals surface area contributed by atoms with Crippen LogP contribution >= 0.6 is 0 Å². The number of nitrogens with one attached hydrogen (secondary N) is 2. The third-order valence-electron chi connectivity index (χ3n) is 3.99. The van der Waals surface area contributed by atoms with Gasteiger partial charge in [0.25, 0.3) is 0 Å². The Morgan fingerprint density at radius 2 is 2.05 bits per heavy atom. The number of nitrogens with zero attached hydrogens (tertiary/aromatic N) is 1. The lowest BCUT2D eigenvalue weighted by atomic mass is 9.86. The molecule has 1 aromatic carbocycles. The van der Waals surface area contributed by atoms with Gasteiger partial charge >= 0.3 is 0 Å². The second kappa shape index (κ2) is 5.18. The summed E-state index contributed by atoms with van der Waals surface area (Å²) in [5, 5.41) is 10.1. The first-order chi connectivity index (χ1) is 10.8. The van der Waals surface area contributed by atoms with E-state index in [0.717, 1.165) is 23.4 Å². The maximum Gasteiger partial charge on any atom is 0.226 e. The zero-order valence-electron chi connectivity index (χ0n) is 11.9. The predicted molar refractivity (Wildman–Crippen MR) is 82.4 cm³/mol. The predicted octanol–water partition coefficient (Wildman–Crippen LogP) is 3.34. The fourth-order valence-electron chi connectivity index (χ4n) is 3.03. The number of hydrogen-bond donors (Lipinski definition) is 2. The zero-order chi connectivity index (χ0) is 14.9. The number of hydrogen-bond acceptors (Lipinski definition) is 3. The quantitative estimate of drug-likeness (QED) is 0.778. The van der Waals surface area contributed by atoms with Gasteiger partial charge < -0.3 is 9.73 Å². The van der Waals surface area contributed by atoms with Crippen LogP contribution in [0.1, 0.15) is 23.5 Å². The second-order valence-electron chi connectivity index (χ2n) is 5.48. The van der Waals surface area contributed by atoms with Crippen molar-refractivity contribution < 1.29 is 9.21 Å². The summed E-state index contributed by atoms with van der Waals surface area (Å²) >= 11 is 0. The molecule has 0 saturated heterocycles. The van der Waals surface area contributed by atoms with Gasteiger partial charge in [-0.05, 0) is 24.1 Å². The molecule has 0 saturated carbocycles. The maximum absolute atomic E-state index is 11.9. The molecule has 3 aromatic rings. The van der Waals surface area contributed by atoms with Crippen molar-refractivity contribution in [1.29, 1.82) is 0 Å². The van der Waals surface area contributed by atoms with Crippen molar-refractivity contribution in [3.8, 4) is 11.5 Å². The molecule has 1 atom stereocenters. The Morgan fingerprint density at radius 3 is 2.82 bits per heavy atom. The van der Waals surface area contributed by atoms with E-state index < -0.39 is 0 Å². The van der Waals surface area contributed by atoms with Gasteiger partial charge in [0.1, 0.15) is 5.69 Å². The molecule has 0 aliphatic carbocycles. The average molecular weight is 293 g/mol. The molecule has 0 spiro atoms. The maximum atomic E-state index is 11.9. The van der Waals surface area contributed by atoms with Gasteiger partial charge in [-0.15, -0.1) is 0 Å². The molecular weight excluding hydrogens is 278 g/mol. The fourth-order valence-corrected chi connectivity index (χ4v) is 3.03. The number of anilines is 1. The van der Waals surface area contributed by atoms with Crippen LogP contribution in [0.3, 0.4) is 0 Å². The van der Waals surface area contributed by atoms with Crippen LogP contribution in [0.25, 0.3) is 11.5 Å². The molecule has 110 valence electrons. The Bertz CT molecular complexity index is 791. The summed E-state index contributed by atoms with van der Waals surface area (Å²) in [5.74, 6) is 1.45. The molecular formula is C17H15N3O2. The standard InChI is InChI=1S/C17H15N3O2/c21-14-10-12(9-11-5-2-1-3-6-11)15-16(13-7-4-8-22-13)19-20-17(15)18-14/h1-8,12H,9-10H2,(H2,18,19,20,21)/t12-/m1/s1. The molecule has 4 rings (SSSR count). The van der Waals surface area contributed by atoms with E-state index in [-0.39, 0.29) is 11.8 Å². The first-order valence-electron chi connectivity index (χ1n) is 7.27. The SMILES string of the molecule is O=C1C[C@@H](Cc2ccccc2)c2c(n[nH]c2-c2ccco2)N1. The van der Waals surface area contributed by atoms with Crippen molar-refractivity contribution in [2.45, 2.75) is 18.8 Å². The molecule has 1 aliphatic rings. The van der Waals surface area contributed by atoms with Crippen LogP contribution in [0.4, 0.5) is 5.82 Å². The molecule has 2 aromatic heterocycles. The number of aromatic amines is 1. The molecule has 5 nitrogen and oxygen atoms in total. The average Bonchev–Trinajstić information content (AvgIpc) is 3.16. The van der Waals surface area contributed by atoms with Crippen molar-refractivity contribution in [2.24, 2.45) is 0 Å². The van der Waals surface area contributed by atoms with Crippen LogP contribution in [0.15, 0.2) is 53.1 Å². The number of furan rings is 1. The monoisotopic (exact) mass is 293 g/mol. The van der Waals surface area contributed by atoms with Crippen LogP contribution in [0.2, 0.25) is 0 Å². The largest absolute Gasteiger partial charge is 0.463 e. The van der Waals surface area contributed by atoms with E-state index in [1.54, 1.807) is 6.26 Å². The highest BCUT2D eigenvalue weighted by atomic mass is 16.3. The summed E-state index contributed by atoms with van der Waals surface area (Å²) in [4.78, 5) is 11.9. The van der Waals surface area contributed by atoms with Gasteiger partial charge in [-0.3, -0.25) is 9.89 Å². The minimum atomic E-state index is 0.00549. The molecule has 2 N–H and O–H groups in total. The van der Waals surface area contributed by atoms with E-state index in [0.29, 0.717) is 12.2 Å². The van der Waals surface area contributed by atoms with Crippen molar-refractivity contribution in [1.82, 2.24) is 10.2 Å². The van der Waals surface area contributed by atoms with Crippen LogP contribution in [0, 0.1) is 0 Å². The third kappa shape index (κ3) is 2.20. The van der Waals surface area contributed by atoms with Crippen LogP contribution < -0.4 is 5.32 Å². The number of H-pyrrole nitrogens is 1. The zero-order valence-corrected chi connectivity index (χ0v) is 11.9. The Hall–Kier alpha value is -2.82. The Labute approximate surface area is 127 Å². The molecule has 0 bridgehead atoms. The van der Waals surface area contributed by atoms with Gasteiger partial charge in [0.15, 0.2) is 11.6 Å². The van der Waals surface area contributed by atoms with Gasteiger partial charge in [-0.25, -0.2) is 0 Å². The van der Waals surface area contributed by atoms with Crippen LogP contribution in [-0.2, 0) is 11.2 Å². The van der Waals surface area contributed by atoms with Crippen molar-refractivity contribution in [3.05, 3.63) is 59.9 Å². The Balaban J connectivity index is 1.75. The lowest BCUT2D eigenvalue weighted by Gasteiger charge is -2.22. The van der Waals surface area contributed by atoms with Gasteiger partial charge in [0, 0.05) is 17.9 Å². The molecule has 5 heteroatoms. The minimum Gasteiger partial charge on any atom is -0.463 e. The minimum absolute atomic E-state index is 0.00549. The van der Waals surface area contributed by atoms with Crippen LogP contribution in [0.5, 0.6) is 0 Å². The molecule has 22 heavy (non-hydrogen) atoms. The molecule has 0 fully saturated rings. The van der Waals surface area contributed by atoms with Crippen LogP contribution in [-0.4, -0.2) is 16.1 Å². The highest BCUT2D eigenvalue weighted by molar-refractivity contribution is 5.95. The summed E-state index contributed by atoms with van der Waals surface area (Å²) in [6.45, 7) is 0. The Kier molecular flexibility index (Phi) is 3.04. The molecule has 0 unspecified atom stereocenters. The third-order valence-corrected chi connectivity index (χ3v) is 3.99. The lowest BCUT2D eigenvalue weighted by Crippen LogP contribution is -2.23. The van der Waals surface area contributed by atoms with E-state index in [1.807, 2.05) is 30.3 Å². The number of carbonyl (C=O) groups excluding carboxylic acids is 1. The van der Waals surface area contributed by atoms with E-state index in [4.69, 9.17) is 4.42 Å². The number of benzene rings is 1. The summed E-state index contributed by atoms with van der Waals surface area (Å²) in [6, 6.07) is 13.9. The number of fused-ring (bicyclic) bond motifs is 1. The highest BCUT2D eigenvalue weighted by Crippen LogP contribution is 2.39. The van der Waals surface area contributed by atoms with E-state index in [1.165, 1.54) is 5.56 Å². The number of carbonyl (C=O) groups is 1. The topological polar surface area (TPSA) is 70.9 Å². The summed E-state index contributed by atoms with van der Waals surface area (Å²) in [7, 11) is 0. The molecule has 3 heterocycles. The van der Waals surface area contributed by atoms with Gasteiger partial charge in [-0.1, -0.05) is 30.3 Å². The Morgan fingerprint density at radius 1 is 1.18 bits per heavy atom. The number of amides is 1. The van der Waals surface area contributed by atoms with Crippen molar-refractivity contribution in [3.63, 3.8) is 0 Å². The first-order valence-corrected chi connectivity index (χ1v) is 7.27. The first kappa shape index (κ1) is 12.9. The van der Waals surface area contributed by atoms with E-state index in [9.17, 15) is 4.79 Å². The fraction of sp³-hybridized carbons (Fsp3) is 0.176. The summed E-state index contributed by atoms with van der Waals surface area (Å²) in [5.41, 5.74) is 3.08. The second-order valence-corrected chi connectivity index (χ2v) is 5.48.